The quantitative estimate of drug-likeness (QED) is 0.853. The molecule has 0 aliphatic carbocycles. The van der Waals surface area contributed by atoms with Crippen LogP contribution in [0.15, 0.2) is 41.6 Å². The Bertz CT molecular complexity index is 677. The van der Waals surface area contributed by atoms with Gasteiger partial charge in [-0.2, -0.15) is 4.31 Å². The lowest BCUT2D eigenvalue weighted by Crippen LogP contribution is -2.28. The predicted octanol–water partition coefficient (Wildman–Crippen LogP) is 1.55. The average molecular weight is 279 g/mol. The Morgan fingerprint density at radius 3 is 2.58 bits per heavy atom. The first-order valence-electron chi connectivity index (χ1n) is 5.91. The molecular weight excluding hydrogens is 262 g/mol. The third-order valence-corrected chi connectivity index (χ3v) is 5.03. The highest BCUT2D eigenvalue weighted by Gasteiger charge is 2.23. The van der Waals surface area contributed by atoms with E-state index in [0.717, 1.165) is 5.56 Å². The van der Waals surface area contributed by atoms with Gasteiger partial charge in [0.05, 0.1) is 11.4 Å². The van der Waals surface area contributed by atoms with Gasteiger partial charge in [0.15, 0.2) is 0 Å². The van der Waals surface area contributed by atoms with Crippen LogP contribution in [0.4, 0.5) is 0 Å². The summed E-state index contributed by atoms with van der Waals surface area (Å²) in [7, 11) is -0.0728. The molecule has 0 saturated carbocycles. The minimum Gasteiger partial charge on any atom is -0.337 e. The monoisotopic (exact) mass is 279 g/mol. The number of hydrogen-bond donors (Lipinski definition) is 0. The Hall–Kier alpha value is -1.66. The summed E-state index contributed by atoms with van der Waals surface area (Å²) in [6, 6.07) is 6.97. The summed E-state index contributed by atoms with van der Waals surface area (Å²) in [5.74, 6) is 0.708. The third kappa shape index (κ3) is 2.69. The molecule has 0 spiro atoms. The average Bonchev–Trinajstić information content (AvgIpc) is 2.75. The predicted molar refractivity (Wildman–Crippen MR) is 73.0 cm³/mol. The van der Waals surface area contributed by atoms with Crippen molar-refractivity contribution in [3.8, 4) is 0 Å². The number of aryl methyl sites for hydroxylation is 2. The van der Waals surface area contributed by atoms with Crippen molar-refractivity contribution in [1.82, 2.24) is 13.9 Å². The molecule has 0 unspecified atom stereocenters. The smallest absolute Gasteiger partial charge is 0.243 e. The number of imidazole rings is 1. The number of aromatic nitrogens is 2. The lowest BCUT2D eigenvalue weighted by Gasteiger charge is -2.18. The van der Waals surface area contributed by atoms with E-state index < -0.39 is 10.0 Å². The summed E-state index contributed by atoms with van der Waals surface area (Å²) in [6.07, 6.45) is 3.45. The van der Waals surface area contributed by atoms with Gasteiger partial charge in [0.1, 0.15) is 5.82 Å². The van der Waals surface area contributed by atoms with Gasteiger partial charge in [-0.25, -0.2) is 13.4 Å². The number of nitrogens with zero attached hydrogens (tertiary/aromatic N) is 3. The van der Waals surface area contributed by atoms with E-state index >= 15 is 0 Å². The molecule has 0 aliphatic rings. The minimum atomic E-state index is -3.48. The molecule has 19 heavy (non-hydrogen) atoms. The van der Waals surface area contributed by atoms with Crippen molar-refractivity contribution in [2.45, 2.75) is 18.4 Å². The van der Waals surface area contributed by atoms with Crippen LogP contribution in [-0.4, -0.2) is 29.3 Å². The van der Waals surface area contributed by atoms with Crippen molar-refractivity contribution < 1.29 is 8.42 Å². The topological polar surface area (TPSA) is 55.2 Å². The van der Waals surface area contributed by atoms with E-state index in [1.54, 1.807) is 44.6 Å². The van der Waals surface area contributed by atoms with Gasteiger partial charge in [-0.05, 0) is 18.6 Å². The molecule has 0 aliphatic heterocycles. The maximum Gasteiger partial charge on any atom is 0.243 e. The molecule has 0 fully saturated rings. The van der Waals surface area contributed by atoms with E-state index in [2.05, 4.69) is 4.98 Å². The summed E-state index contributed by atoms with van der Waals surface area (Å²) in [5, 5.41) is 0. The second kappa shape index (κ2) is 5.14. The first kappa shape index (κ1) is 13.8. The van der Waals surface area contributed by atoms with Gasteiger partial charge in [0, 0.05) is 26.5 Å². The van der Waals surface area contributed by atoms with Crippen LogP contribution in [0, 0.1) is 6.92 Å². The summed E-state index contributed by atoms with van der Waals surface area (Å²) in [6.45, 7) is 2.04. The van der Waals surface area contributed by atoms with Crippen molar-refractivity contribution in [1.29, 1.82) is 0 Å². The molecule has 6 heteroatoms. The Kier molecular flexibility index (Phi) is 3.73. The van der Waals surface area contributed by atoms with Crippen LogP contribution in [0.25, 0.3) is 0 Å². The molecule has 2 aromatic rings. The van der Waals surface area contributed by atoms with Gasteiger partial charge >= 0.3 is 0 Å². The second-order valence-corrected chi connectivity index (χ2v) is 6.49. The summed E-state index contributed by atoms with van der Waals surface area (Å²) in [5.41, 5.74) is 0.745. The first-order valence-corrected chi connectivity index (χ1v) is 7.35. The molecule has 0 atom stereocenters. The van der Waals surface area contributed by atoms with E-state index in [4.69, 9.17) is 0 Å². The van der Waals surface area contributed by atoms with Crippen LogP contribution in [0.2, 0.25) is 0 Å². The van der Waals surface area contributed by atoms with Gasteiger partial charge in [-0.3, -0.25) is 0 Å². The molecule has 0 bridgehead atoms. The van der Waals surface area contributed by atoms with Crippen LogP contribution in [0.5, 0.6) is 0 Å². The van der Waals surface area contributed by atoms with E-state index in [1.165, 1.54) is 4.31 Å². The van der Waals surface area contributed by atoms with Crippen LogP contribution < -0.4 is 0 Å². The Morgan fingerprint density at radius 1 is 1.32 bits per heavy atom. The van der Waals surface area contributed by atoms with Gasteiger partial charge in [0.2, 0.25) is 10.0 Å². The van der Waals surface area contributed by atoms with Gasteiger partial charge in [-0.15, -0.1) is 0 Å². The number of hydrogen-bond acceptors (Lipinski definition) is 3. The fraction of sp³-hybridized carbons (Fsp3) is 0.308. The zero-order chi connectivity index (χ0) is 14.0. The third-order valence-electron chi connectivity index (χ3n) is 3.07. The van der Waals surface area contributed by atoms with Crippen molar-refractivity contribution in [3.63, 3.8) is 0 Å². The van der Waals surface area contributed by atoms with E-state index in [-0.39, 0.29) is 6.54 Å². The largest absolute Gasteiger partial charge is 0.337 e. The minimum absolute atomic E-state index is 0.250. The lowest BCUT2D eigenvalue weighted by molar-refractivity contribution is 0.451. The highest BCUT2D eigenvalue weighted by Crippen LogP contribution is 2.19. The Labute approximate surface area is 113 Å². The van der Waals surface area contributed by atoms with Crippen LogP contribution in [0.3, 0.4) is 0 Å². The Morgan fingerprint density at radius 2 is 2.00 bits per heavy atom. The molecule has 0 radical (unpaired) electrons. The molecule has 0 amide bonds. The normalized spacial score (nSPS) is 12.0. The lowest BCUT2D eigenvalue weighted by atomic mass is 10.2. The Balaban J connectivity index is 2.30. The molecule has 2 rings (SSSR count). The number of sulfonamides is 1. The van der Waals surface area contributed by atoms with E-state index in [9.17, 15) is 8.42 Å². The highest BCUT2D eigenvalue weighted by atomic mass is 32.2. The fourth-order valence-electron chi connectivity index (χ4n) is 1.85. The summed E-state index contributed by atoms with van der Waals surface area (Å²) >= 11 is 0. The molecule has 5 nitrogen and oxygen atoms in total. The number of rotatable bonds is 4. The van der Waals surface area contributed by atoms with Gasteiger partial charge < -0.3 is 4.57 Å². The molecule has 1 aromatic heterocycles. The molecular formula is C13H17N3O2S. The molecule has 0 N–H and O–H groups in total. The summed E-state index contributed by atoms with van der Waals surface area (Å²) < 4.78 is 28.1. The summed E-state index contributed by atoms with van der Waals surface area (Å²) in [4.78, 5) is 4.48. The fourth-order valence-corrected chi connectivity index (χ4v) is 3.19. The SMILES string of the molecule is Cc1ccccc1S(=O)(=O)N(C)Cc1nccn1C. The highest BCUT2D eigenvalue weighted by molar-refractivity contribution is 7.89. The first-order chi connectivity index (χ1) is 8.93. The van der Waals surface area contributed by atoms with Crippen LogP contribution in [0.1, 0.15) is 11.4 Å². The van der Waals surface area contributed by atoms with E-state index in [1.807, 2.05) is 17.7 Å². The van der Waals surface area contributed by atoms with Crippen LogP contribution >= 0.6 is 0 Å². The van der Waals surface area contributed by atoms with Gasteiger partial charge in [0.25, 0.3) is 0 Å². The molecule has 0 saturated heterocycles. The molecule has 1 aromatic carbocycles. The molecule has 1 heterocycles. The standard InChI is InChI=1S/C13H17N3O2S/c1-11-6-4-5-7-12(11)19(17,18)16(3)10-13-14-8-9-15(13)2/h4-9H,10H2,1-3H3. The van der Waals surface area contributed by atoms with Crippen molar-refractivity contribution in [2.75, 3.05) is 7.05 Å². The molecule has 102 valence electrons. The zero-order valence-corrected chi connectivity index (χ0v) is 12.1. The second-order valence-electron chi connectivity index (χ2n) is 4.48. The van der Waals surface area contributed by atoms with Crippen molar-refractivity contribution in [2.24, 2.45) is 7.05 Å². The van der Waals surface area contributed by atoms with E-state index in [0.29, 0.717) is 10.7 Å². The zero-order valence-electron chi connectivity index (χ0n) is 11.2. The number of benzene rings is 1. The van der Waals surface area contributed by atoms with Crippen molar-refractivity contribution in [3.05, 3.63) is 48.0 Å². The van der Waals surface area contributed by atoms with Crippen LogP contribution in [-0.2, 0) is 23.6 Å². The maximum absolute atomic E-state index is 12.5. The van der Waals surface area contributed by atoms with Crippen molar-refractivity contribution >= 4 is 10.0 Å². The van der Waals surface area contributed by atoms with Gasteiger partial charge in [-0.1, -0.05) is 18.2 Å². The maximum atomic E-state index is 12.5.